The van der Waals surface area contributed by atoms with Crippen LogP contribution in [0, 0.1) is 0 Å². The second-order valence-corrected chi connectivity index (χ2v) is 12.5. The molecule has 0 aliphatic carbocycles. The zero-order valence-electron chi connectivity index (χ0n) is 9.71. The van der Waals surface area contributed by atoms with Crippen LogP contribution in [-0.2, 0) is 0 Å². The lowest BCUT2D eigenvalue weighted by atomic mass is 10.8. The normalized spacial score (nSPS) is 13.4. The van der Waals surface area contributed by atoms with Gasteiger partial charge in [-0.1, -0.05) is 26.6 Å². The van der Waals surface area contributed by atoms with Crippen LogP contribution in [-0.4, -0.2) is 37.6 Å². The quantitative estimate of drug-likeness (QED) is 0.472. The van der Waals surface area contributed by atoms with E-state index < -0.39 is 17.0 Å². The average Bonchev–Trinajstić information content (AvgIpc) is 2.01. The van der Waals surface area contributed by atoms with E-state index in [-0.39, 0.29) is 0 Å². The molecule has 6 heteroatoms. The third-order valence-corrected chi connectivity index (χ3v) is 8.64. The lowest BCUT2D eigenvalue weighted by molar-refractivity contribution is 0.816. The first kappa shape index (κ1) is 13.3. The highest BCUT2D eigenvalue weighted by atomic mass is 28.4. The van der Waals surface area contributed by atoms with Crippen molar-refractivity contribution in [2.75, 3.05) is 20.6 Å². The Labute approximate surface area is 84.3 Å². The predicted octanol–water partition coefficient (Wildman–Crippen LogP) is -0.105. The molecule has 0 saturated carbocycles. The van der Waals surface area contributed by atoms with Crippen molar-refractivity contribution in [3.8, 4) is 0 Å². The Morgan fingerprint density at radius 3 is 1.69 bits per heavy atom. The summed E-state index contributed by atoms with van der Waals surface area (Å²) < 4.78 is 3.71. The van der Waals surface area contributed by atoms with E-state index in [0.717, 1.165) is 6.54 Å². The fourth-order valence-corrected chi connectivity index (χ4v) is 8.29. The molecule has 0 aromatic carbocycles. The van der Waals surface area contributed by atoms with Crippen LogP contribution < -0.4 is 19.6 Å². The summed E-state index contributed by atoms with van der Waals surface area (Å²) in [4.78, 5) is 10.2. The lowest BCUT2D eigenvalue weighted by Crippen LogP contribution is -2.83. The molecular weight excluding hydrogens is 196 g/mol. The van der Waals surface area contributed by atoms with Crippen LogP contribution in [0.15, 0.2) is 0 Å². The Hall–Kier alpha value is 0.274. The van der Waals surface area contributed by atoms with E-state index in [4.69, 9.17) is 0 Å². The van der Waals surface area contributed by atoms with Crippen LogP contribution >= 0.6 is 0 Å². The first-order chi connectivity index (χ1) is 5.89. The monoisotopic (exact) mass is 220 g/mol. The van der Waals surface area contributed by atoms with Crippen molar-refractivity contribution < 1.29 is 0 Å². The van der Waals surface area contributed by atoms with Gasteiger partial charge in [-0.05, 0) is 20.6 Å². The van der Waals surface area contributed by atoms with Crippen molar-refractivity contribution in [3.63, 3.8) is 0 Å². The van der Waals surface area contributed by atoms with Crippen molar-refractivity contribution >= 4 is 17.0 Å². The third-order valence-electron chi connectivity index (χ3n) is 1.75. The molecular formula is C7H24N4Si2. The smallest absolute Gasteiger partial charge is 0.322 e. The average molecular weight is 220 g/mol. The maximum absolute atomic E-state index is 3.71. The van der Waals surface area contributed by atoms with Crippen LogP contribution in [0.25, 0.3) is 0 Å². The minimum atomic E-state index is -1.82. The Balaban J connectivity index is 4.38. The Bertz CT molecular complexity index is 142. The van der Waals surface area contributed by atoms with Gasteiger partial charge in [0.1, 0.15) is 8.24 Å². The van der Waals surface area contributed by atoms with E-state index >= 15 is 0 Å². The van der Waals surface area contributed by atoms with Gasteiger partial charge in [-0.3, -0.25) is 0 Å². The number of hydrogen-bond donors (Lipinski definition) is 4. The summed E-state index contributed by atoms with van der Waals surface area (Å²) in [6, 6.07) is 0. The number of nitrogens with one attached hydrogen (secondary N) is 4. The molecule has 0 unspecified atom stereocenters. The molecule has 0 aromatic heterocycles. The van der Waals surface area contributed by atoms with Crippen molar-refractivity contribution in [2.45, 2.75) is 26.6 Å². The topological polar surface area (TPSA) is 48.1 Å². The maximum atomic E-state index is 3.71. The van der Waals surface area contributed by atoms with Gasteiger partial charge in [-0.2, -0.15) is 0 Å². The molecule has 0 fully saturated rings. The van der Waals surface area contributed by atoms with Crippen molar-refractivity contribution in [1.29, 1.82) is 0 Å². The second-order valence-electron chi connectivity index (χ2n) is 4.16. The fourth-order valence-electron chi connectivity index (χ4n) is 1.30. The minimum absolute atomic E-state index is 0.978. The van der Waals surface area contributed by atoms with Gasteiger partial charge in [-0.25, -0.2) is 0 Å². The molecule has 0 rings (SSSR count). The van der Waals surface area contributed by atoms with Gasteiger partial charge in [0, 0.05) is 0 Å². The largest absolute Gasteiger partial charge is 0.358 e. The molecule has 0 spiro atoms. The SMILES string of the molecule is CCN[Si](NC)(NC)N[Si](C)(C)C. The highest BCUT2D eigenvalue weighted by molar-refractivity contribution is 6.88. The van der Waals surface area contributed by atoms with Gasteiger partial charge in [0.2, 0.25) is 0 Å². The molecule has 0 aliphatic heterocycles. The molecule has 0 aromatic rings. The van der Waals surface area contributed by atoms with Crippen molar-refractivity contribution in [2.24, 2.45) is 0 Å². The second kappa shape index (κ2) is 5.23. The third kappa shape index (κ3) is 4.89. The zero-order chi connectivity index (χ0) is 10.5. The molecule has 0 amide bonds. The Kier molecular flexibility index (Phi) is 5.34. The van der Waals surface area contributed by atoms with Gasteiger partial charge in [-0.15, -0.1) is 0 Å². The van der Waals surface area contributed by atoms with Crippen molar-refractivity contribution in [3.05, 3.63) is 0 Å². The van der Waals surface area contributed by atoms with Gasteiger partial charge in [0.25, 0.3) is 0 Å². The molecule has 0 aliphatic rings. The zero-order valence-corrected chi connectivity index (χ0v) is 11.7. The number of rotatable bonds is 6. The first-order valence-corrected chi connectivity index (χ1v) is 10.3. The summed E-state index contributed by atoms with van der Waals surface area (Å²) in [5.74, 6) is 0. The van der Waals surface area contributed by atoms with Crippen LogP contribution in [0.1, 0.15) is 6.92 Å². The summed E-state index contributed by atoms with van der Waals surface area (Å²) in [6.45, 7) is 10.0. The minimum Gasteiger partial charge on any atom is -0.322 e. The summed E-state index contributed by atoms with van der Waals surface area (Å²) >= 11 is 0. The van der Waals surface area contributed by atoms with Crippen LogP contribution in [0.3, 0.4) is 0 Å². The van der Waals surface area contributed by atoms with Gasteiger partial charge >= 0.3 is 8.72 Å². The fraction of sp³-hybridized carbons (Fsp3) is 1.00. The molecule has 4 nitrogen and oxygen atoms in total. The maximum Gasteiger partial charge on any atom is 0.358 e. The molecule has 0 saturated heterocycles. The Morgan fingerprint density at radius 2 is 1.46 bits per heavy atom. The Morgan fingerprint density at radius 1 is 1.00 bits per heavy atom. The number of hydrogen-bond acceptors (Lipinski definition) is 4. The van der Waals surface area contributed by atoms with E-state index in [9.17, 15) is 0 Å². The first-order valence-electron chi connectivity index (χ1n) is 4.81. The standard InChI is InChI=1S/C7H24N4Si2/c1-7-10-13(8-2,9-3)11-12(4,5)6/h8-11H,7H2,1-6H3. The molecule has 4 N–H and O–H groups in total. The molecule has 80 valence electrons. The van der Waals surface area contributed by atoms with Crippen LogP contribution in [0.2, 0.25) is 19.6 Å². The summed E-state index contributed by atoms with van der Waals surface area (Å²) in [6.07, 6.45) is 0. The van der Waals surface area contributed by atoms with Gasteiger partial charge in [0.15, 0.2) is 0 Å². The molecule has 0 heterocycles. The van der Waals surface area contributed by atoms with E-state index in [1.807, 2.05) is 14.1 Å². The van der Waals surface area contributed by atoms with Gasteiger partial charge < -0.3 is 19.6 Å². The predicted molar refractivity (Wildman–Crippen MR) is 64.0 cm³/mol. The highest BCUT2D eigenvalue weighted by Gasteiger charge is 2.35. The van der Waals surface area contributed by atoms with Gasteiger partial charge in [0.05, 0.1) is 0 Å². The van der Waals surface area contributed by atoms with E-state index in [1.165, 1.54) is 0 Å². The summed E-state index contributed by atoms with van der Waals surface area (Å²) in [5.41, 5.74) is 0. The lowest BCUT2D eigenvalue weighted by Gasteiger charge is -2.36. The molecule has 0 atom stereocenters. The molecule has 0 radical (unpaired) electrons. The van der Waals surface area contributed by atoms with E-state index in [0.29, 0.717) is 0 Å². The van der Waals surface area contributed by atoms with Crippen LogP contribution in [0.4, 0.5) is 0 Å². The summed E-state index contributed by atoms with van der Waals surface area (Å²) in [7, 11) is 0.932. The van der Waals surface area contributed by atoms with E-state index in [2.05, 4.69) is 46.2 Å². The summed E-state index contributed by atoms with van der Waals surface area (Å²) in [5, 5.41) is 0. The molecule has 13 heavy (non-hydrogen) atoms. The van der Waals surface area contributed by atoms with Crippen LogP contribution in [0.5, 0.6) is 0 Å². The molecule has 0 bridgehead atoms. The highest BCUT2D eigenvalue weighted by Crippen LogP contribution is 1.97. The van der Waals surface area contributed by atoms with Crippen molar-refractivity contribution in [1.82, 2.24) is 19.6 Å². The van der Waals surface area contributed by atoms with E-state index in [1.54, 1.807) is 0 Å².